The number of hydrazine groups is 1. The van der Waals surface area contributed by atoms with Crippen molar-refractivity contribution in [1.29, 1.82) is 0 Å². The van der Waals surface area contributed by atoms with Gasteiger partial charge in [-0.05, 0) is 37.5 Å². The molecule has 192 valence electrons. The highest BCUT2D eigenvalue weighted by Crippen LogP contribution is 2.30. The molecule has 0 aromatic carbocycles. The molecule has 8 heteroatoms. The van der Waals surface area contributed by atoms with Gasteiger partial charge in [0, 0.05) is 6.54 Å². The second kappa shape index (κ2) is 15.3. The zero-order valence-electron chi connectivity index (χ0n) is 21.4. The molecule has 0 aromatic heterocycles. The van der Waals surface area contributed by atoms with Crippen molar-refractivity contribution in [3.63, 3.8) is 0 Å². The maximum atomic E-state index is 13.3. The lowest BCUT2D eigenvalue weighted by atomic mass is 9.80. The van der Waals surface area contributed by atoms with E-state index in [1.54, 1.807) is 12.4 Å². The summed E-state index contributed by atoms with van der Waals surface area (Å²) in [6.07, 6.45) is 10.5. The van der Waals surface area contributed by atoms with E-state index in [4.69, 9.17) is 5.73 Å². The molecule has 0 aromatic rings. The Morgan fingerprint density at radius 2 is 1.58 bits per heavy atom. The van der Waals surface area contributed by atoms with Gasteiger partial charge in [-0.1, -0.05) is 79.1 Å². The summed E-state index contributed by atoms with van der Waals surface area (Å²) in [7, 11) is 0. The molecule has 1 aliphatic rings. The first-order valence-corrected chi connectivity index (χ1v) is 12.9. The molecular formula is C25H48N4O4. The second-order valence-corrected chi connectivity index (χ2v) is 10.7. The van der Waals surface area contributed by atoms with Gasteiger partial charge in [0.15, 0.2) is 0 Å². The van der Waals surface area contributed by atoms with Crippen LogP contribution in [-0.4, -0.2) is 40.5 Å². The van der Waals surface area contributed by atoms with Crippen LogP contribution in [-0.2, 0) is 14.4 Å². The van der Waals surface area contributed by atoms with Crippen molar-refractivity contribution < 1.29 is 19.6 Å². The maximum Gasteiger partial charge on any atom is 0.257 e. The fourth-order valence-corrected chi connectivity index (χ4v) is 4.85. The zero-order valence-corrected chi connectivity index (χ0v) is 21.4. The van der Waals surface area contributed by atoms with Crippen LogP contribution in [0, 0.1) is 29.6 Å². The highest BCUT2D eigenvalue weighted by molar-refractivity contribution is 5.89. The number of hydroxylamine groups is 1. The third-order valence-corrected chi connectivity index (χ3v) is 6.55. The van der Waals surface area contributed by atoms with E-state index in [0.29, 0.717) is 19.4 Å². The molecule has 8 nitrogen and oxygen atoms in total. The van der Waals surface area contributed by atoms with E-state index in [9.17, 15) is 19.6 Å². The Morgan fingerprint density at radius 1 is 0.939 bits per heavy atom. The SMILES string of the molecule is CC(C)C[C@@H](C(=O)NN(CC(C)C)C(=O)[C@@H](C)N)C(CCCCC1CCCCC1)C(=O)NO. The molecule has 0 heterocycles. The van der Waals surface area contributed by atoms with Crippen LogP contribution in [0.3, 0.4) is 0 Å². The molecule has 3 atom stereocenters. The van der Waals surface area contributed by atoms with Crippen molar-refractivity contribution in [2.24, 2.45) is 35.3 Å². The number of hydrogen-bond acceptors (Lipinski definition) is 5. The van der Waals surface area contributed by atoms with E-state index >= 15 is 0 Å². The number of nitrogens with two attached hydrogens (primary N) is 1. The minimum atomic E-state index is -0.746. The summed E-state index contributed by atoms with van der Waals surface area (Å²) >= 11 is 0. The Morgan fingerprint density at radius 3 is 2.09 bits per heavy atom. The van der Waals surface area contributed by atoms with Crippen LogP contribution in [0.25, 0.3) is 0 Å². The van der Waals surface area contributed by atoms with E-state index in [1.807, 2.05) is 27.7 Å². The van der Waals surface area contributed by atoms with Crippen molar-refractivity contribution in [2.75, 3.05) is 6.54 Å². The van der Waals surface area contributed by atoms with Gasteiger partial charge in [-0.25, -0.2) is 5.48 Å². The van der Waals surface area contributed by atoms with Crippen molar-refractivity contribution in [3.8, 4) is 0 Å². The molecule has 3 amide bonds. The molecule has 5 N–H and O–H groups in total. The highest BCUT2D eigenvalue weighted by atomic mass is 16.5. The molecule has 0 radical (unpaired) electrons. The monoisotopic (exact) mass is 468 g/mol. The van der Waals surface area contributed by atoms with Gasteiger partial charge in [-0.2, -0.15) is 0 Å². The fraction of sp³-hybridized carbons (Fsp3) is 0.880. The maximum absolute atomic E-state index is 13.3. The summed E-state index contributed by atoms with van der Waals surface area (Å²) in [6, 6.07) is -0.746. The average molecular weight is 469 g/mol. The van der Waals surface area contributed by atoms with Crippen molar-refractivity contribution in [3.05, 3.63) is 0 Å². The lowest BCUT2D eigenvalue weighted by molar-refractivity contribution is -0.148. The number of unbranched alkanes of at least 4 members (excludes halogenated alkanes) is 1. The van der Waals surface area contributed by atoms with Gasteiger partial charge in [-0.15, -0.1) is 0 Å². The lowest BCUT2D eigenvalue weighted by Crippen LogP contribution is -2.55. The van der Waals surface area contributed by atoms with Crippen molar-refractivity contribution in [2.45, 2.75) is 105 Å². The molecule has 0 aliphatic heterocycles. The number of carbonyl (C=O) groups is 3. The molecule has 0 spiro atoms. The summed E-state index contributed by atoms with van der Waals surface area (Å²) in [5, 5.41) is 10.7. The van der Waals surface area contributed by atoms with Crippen molar-refractivity contribution in [1.82, 2.24) is 15.9 Å². The number of nitrogens with one attached hydrogen (secondary N) is 2. The first-order chi connectivity index (χ1) is 15.6. The quantitative estimate of drug-likeness (QED) is 0.186. The predicted octanol–water partition coefficient (Wildman–Crippen LogP) is 3.77. The Labute approximate surface area is 200 Å². The first kappa shape index (κ1) is 29.4. The average Bonchev–Trinajstić information content (AvgIpc) is 2.76. The first-order valence-electron chi connectivity index (χ1n) is 12.9. The third kappa shape index (κ3) is 10.9. The Bertz CT molecular complexity index is 603. The van der Waals surface area contributed by atoms with Crippen LogP contribution in [0.4, 0.5) is 0 Å². The normalized spacial score (nSPS) is 17.5. The zero-order chi connectivity index (χ0) is 25.0. The van der Waals surface area contributed by atoms with Crippen molar-refractivity contribution >= 4 is 17.7 Å². The van der Waals surface area contributed by atoms with Gasteiger partial charge in [0.2, 0.25) is 11.8 Å². The summed E-state index contributed by atoms with van der Waals surface area (Å²) in [5.74, 6) is -1.52. The van der Waals surface area contributed by atoms with Gasteiger partial charge in [0.05, 0.1) is 17.9 Å². The Hall–Kier alpha value is -1.67. The standard InChI is InChI=1S/C25H48N4O4/c1-17(2)15-22(23(30)27-29(16-18(3)4)25(32)19(5)26)21(24(31)28-33)14-10-9-13-20-11-7-6-8-12-20/h17-22,33H,6-16,26H2,1-5H3,(H,27,30)(H,28,31)/t19-,21?,22-/m1/s1. The lowest BCUT2D eigenvalue weighted by Gasteiger charge is -2.31. The molecule has 1 fully saturated rings. The molecular weight excluding hydrogens is 420 g/mol. The largest absolute Gasteiger partial charge is 0.320 e. The van der Waals surface area contributed by atoms with Gasteiger partial charge < -0.3 is 5.73 Å². The molecule has 1 aliphatic carbocycles. The van der Waals surface area contributed by atoms with E-state index in [1.165, 1.54) is 37.1 Å². The molecule has 0 saturated heterocycles. The highest BCUT2D eigenvalue weighted by Gasteiger charge is 2.35. The minimum absolute atomic E-state index is 0.132. The summed E-state index contributed by atoms with van der Waals surface area (Å²) < 4.78 is 0. The predicted molar refractivity (Wildman–Crippen MR) is 130 cm³/mol. The number of hydrogen-bond donors (Lipinski definition) is 4. The molecule has 0 bridgehead atoms. The fourth-order valence-electron chi connectivity index (χ4n) is 4.85. The minimum Gasteiger partial charge on any atom is -0.320 e. The third-order valence-electron chi connectivity index (χ3n) is 6.55. The number of rotatable bonds is 13. The summed E-state index contributed by atoms with van der Waals surface area (Å²) in [5.41, 5.74) is 10.3. The van der Waals surface area contributed by atoms with Crippen LogP contribution < -0.4 is 16.6 Å². The van der Waals surface area contributed by atoms with E-state index in [0.717, 1.165) is 25.2 Å². The van der Waals surface area contributed by atoms with Gasteiger partial charge in [-0.3, -0.25) is 30.0 Å². The molecule has 1 rings (SSSR count). The molecule has 33 heavy (non-hydrogen) atoms. The van der Waals surface area contributed by atoms with Gasteiger partial charge >= 0.3 is 0 Å². The summed E-state index contributed by atoms with van der Waals surface area (Å²) in [6.45, 7) is 9.81. The van der Waals surface area contributed by atoms with Crippen LogP contribution in [0.1, 0.15) is 98.8 Å². The Kier molecular flexibility index (Phi) is 13.6. The smallest absolute Gasteiger partial charge is 0.257 e. The van der Waals surface area contributed by atoms with Crippen LogP contribution in [0.15, 0.2) is 0 Å². The van der Waals surface area contributed by atoms with Gasteiger partial charge in [0.1, 0.15) is 0 Å². The summed E-state index contributed by atoms with van der Waals surface area (Å²) in [4.78, 5) is 38.5. The van der Waals surface area contributed by atoms with Crippen LogP contribution in [0.5, 0.6) is 0 Å². The number of nitrogens with zero attached hydrogens (tertiary/aromatic N) is 1. The van der Waals surface area contributed by atoms with E-state index in [2.05, 4.69) is 5.43 Å². The molecule has 1 unspecified atom stereocenters. The van der Waals surface area contributed by atoms with Crippen LogP contribution >= 0.6 is 0 Å². The second-order valence-electron chi connectivity index (χ2n) is 10.7. The van der Waals surface area contributed by atoms with Gasteiger partial charge in [0.25, 0.3) is 5.91 Å². The number of amides is 3. The Balaban J connectivity index is 2.90. The van der Waals surface area contributed by atoms with E-state index in [-0.39, 0.29) is 23.7 Å². The number of carbonyl (C=O) groups excluding carboxylic acids is 3. The van der Waals surface area contributed by atoms with Crippen LogP contribution in [0.2, 0.25) is 0 Å². The topological polar surface area (TPSA) is 125 Å². The van der Waals surface area contributed by atoms with E-state index < -0.39 is 23.8 Å². The molecule has 1 saturated carbocycles.